The van der Waals surface area contributed by atoms with Crippen LogP contribution in [0, 0.1) is 0 Å². The van der Waals surface area contributed by atoms with Crippen LogP contribution in [-0.4, -0.2) is 26.7 Å². The first kappa shape index (κ1) is 15.3. The van der Waals surface area contributed by atoms with Crippen LogP contribution in [0.3, 0.4) is 0 Å². The number of aromatic nitrogens is 3. The van der Waals surface area contributed by atoms with E-state index < -0.39 is 0 Å². The second-order valence-corrected chi connectivity index (χ2v) is 6.95. The summed E-state index contributed by atoms with van der Waals surface area (Å²) in [6.07, 6.45) is 2.03. The lowest BCUT2D eigenvalue weighted by atomic mass is 9.95. The van der Waals surface area contributed by atoms with Gasteiger partial charge in [0, 0.05) is 35.7 Å². The predicted molar refractivity (Wildman–Crippen MR) is 101 cm³/mol. The van der Waals surface area contributed by atoms with Crippen LogP contribution in [0.15, 0.2) is 48.5 Å². The van der Waals surface area contributed by atoms with Gasteiger partial charge in [0.25, 0.3) is 0 Å². The van der Waals surface area contributed by atoms with Crippen molar-refractivity contribution in [2.24, 2.45) is 0 Å². The van der Waals surface area contributed by atoms with Gasteiger partial charge in [-0.1, -0.05) is 47.7 Å². The van der Waals surface area contributed by atoms with Crippen molar-refractivity contribution in [3.05, 3.63) is 54.1 Å². The molecule has 3 aromatic rings. The zero-order chi connectivity index (χ0) is 16.7. The Morgan fingerprint density at radius 2 is 1.71 bits per heavy atom. The first-order valence-electron chi connectivity index (χ1n) is 8.15. The fourth-order valence-corrected chi connectivity index (χ4v) is 3.83. The predicted octanol–water partition coefficient (Wildman–Crippen LogP) is 4.47. The first-order valence-corrected chi connectivity index (χ1v) is 9.33. The van der Waals surface area contributed by atoms with Crippen LogP contribution in [-0.2, 0) is 6.54 Å². The summed E-state index contributed by atoms with van der Waals surface area (Å²) in [7, 11) is 0. The van der Waals surface area contributed by atoms with Crippen molar-refractivity contribution in [1.82, 2.24) is 14.4 Å². The van der Waals surface area contributed by atoms with Crippen molar-refractivity contribution in [3.63, 3.8) is 0 Å². The number of rotatable bonds is 2. The molecule has 0 spiro atoms. The van der Waals surface area contributed by atoms with E-state index in [0.29, 0.717) is 6.04 Å². The van der Waals surface area contributed by atoms with E-state index in [1.54, 1.807) is 11.9 Å². The zero-order valence-electron chi connectivity index (χ0n) is 14.1. The summed E-state index contributed by atoms with van der Waals surface area (Å²) in [5.74, 6) is 0. The van der Waals surface area contributed by atoms with E-state index in [0.717, 1.165) is 23.5 Å². The van der Waals surface area contributed by atoms with Crippen molar-refractivity contribution in [3.8, 4) is 22.5 Å². The number of anilines is 1. The molecule has 1 aliphatic heterocycles. The molecule has 122 valence electrons. The van der Waals surface area contributed by atoms with Gasteiger partial charge < -0.3 is 4.90 Å². The van der Waals surface area contributed by atoms with Crippen LogP contribution < -0.4 is 4.90 Å². The van der Waals surface area contributed by atoms with Gasteiger partial charge in [-0.3, -0.25) is 0 Å². The Balaban J connectivity index is 2.08. The van der Waals surface area contributed by atoms with Gasteiger partial charge in [0.15, 0.2) is 0 Å². The fourth-order valence-electron chi connectivity index (χ4n) is 3.35. The van der Waals surface area contributed by atoms with Gasteiger partial charge >= 0.3 is 0 Å². The van der Waals surface area contributed by atoms with E-state index in [1.807, 2.05) is 10.3 Å². The molecule has 5 heteroatoms. The number of hydrogen-bond acceptors (Lipinski definition) is 4. The lowest BCUT2D eigenvalue weighted by molar-refractivity contribution is 0.683. The van der Waals surface area contributed by atoms with E-state index in [2.05, 4.69) is 77.6 Å². The summed E-state index contributed by atoms with van der Waals surface area (Å²) in [6, 6.07) is 17.5. The number of para-hydroxylation sites is 1. The van der Waals surface area contributed by atoms with Gasteiger partial charge in [-0.25, -0.2) is 0 Å². The van der Waals surface area contributed by atoms with Crippen LogP contribution in [0.5, 0.6) is 0 Å². The third-order valence-electron chi connectivity index (χ3n) is 4.52. The van der Waals surface area contributed by atoms with Gasteiger partial charge in [-0.05, 0) is 37.4 Å². The summed E-state index contributed by atoms with van der Waals surface area (Å²) < 4.78 is 1.93. The summed E-state index contributed by atoms with van der Waals surface area (Å²) in [6.45, 7) is 5.35. The molecule has 0 unspecified atom stereocenters. The van der Waals surface area contributed by atoms with Crippen molar-refractivity contribution in [2.45, 2.75) is 26.4 Å². The molecule has 0 amide bonds. The molecule has 0 atom stereocenters. The Bertz CT molecular complexity index is 885. The number of fused-ring (bicyclic) bond motifs is 5. The minimum Gasteiger partial charge on any atom is -0.364 e. The van der Waals surface area contributed by atoms with Crippen LogP contribution in [0.1, 0.15) is 19.4 Å². The highest BCUT2D eigenvalue weighted by Crippen LogP contribution is 2.42. The fraction of sp³-hybridized carbons (Fsp3) is 0.263. The Hall–Kier alpha value is -2.27. The van der Waals surface area contributed by atoms with Gasteiger partial charge in [-0.2, -0.15) is 4.09 Å². The lowest BCUT2D eigenvalue weighted by Crippen LogP contribution is -2.31. The van der Waals surface area contributed by atoms with Gasteiger partial charge in [0.1, 0.15) is 11.4 Å². The zero-order valence-corrected chi connectivity index (χ0v) is 14.9. The molecule has 0 aliphatic carbocycles. The second-order valence-electron chi connectivity index (χ2n) is 6.24. The molecule has 0 radical (unpaired) electrons. The summed E-state index contributed by atoms with van der Waals surface area (Å²) in [4.78, 5) is 2.44. The van der Waals surface area contributed by atoms with Crippen molar-refractivity contribution in [1.29, 1.82) is 0 Å². The number of benzene rings is 2. The Labute approximate surface area is 146 Å². The van der Waals surface area contributed by atoms with Crippen LogP contribution >= 0.6 is 11.9 Å². The summed E-state index contributed by atoms with van der Waals surface area (Å²) in [5, 5.41) is 8.91. The average Bonchev–Trinajstić information content (AvgIpc) is 3.01. The summed E-state index contributed by atoms with van der Waals surface area (Å²) in [5.41, 5.74) is 6.94. The molecule has 1 aromatic heterocycles. The Kier molecular flexibility index (Phi) is 3.81. The average molecular weight is 336 g/mol. The molecule has 0 saturated heterocycles. The molecular weight excluding hydrogens is 316 g/mol. The van der Waals surface area contributed by atoms with E-state index in [-0.39, 0.29) is 0 Å². The number of nitrogens with zero attached hydrogens (tertiary/aromatic N) is 4. The van der Waals surface area contributed by atoms with Gasteiger partial charge in [0.05, 0.1) is 0 Å². The van der Waals surface area contributed by atoms with Gasteiger partial charge in [0.2, 0.25) is 0 Å². The smallest absolute Gasteiger partial charge is 0.124 e. The van der Waals surface area contributed by atoms with Crippen LogP contribution in [0.4, 0.5) is 5.69 Å². The normalized spacial score (nSPS) is 13.1. The second kappa shape index (κ2) is 5.98. The molecule has 0 fully saturated rings. The maximum Gasteiger partial charge on any atom is 0.124 e. The largest absolute Gasteiger partial charge is 0.364 e. The van der Waals surface area contributed by atoms with E-state index in [4.69, 9.17) is 0 Å². The number of hydrogen-bond donors (Lipinski definition) is 0. The Morgan fingerprint density at radius 3 is 2.46 bits per heavy atom. The highest BCUT2D eigenvalue weighted by Gasteiger charge is 2.27. The molecule has 4 rings (SSSR count). The lowest BCUT2D eigenvalue weighted by Gasteiger charge is -2.33. The first-order chi connectivity index (χ1) is 11.7. The van der Waals surface area contributed by atoms with Gasteiger partial charge in [-0.15, -0.1) is 5.10 Å². The molecule has 1 aliphatic rings. The van der Waals surface area contributed by atoms with Crippen molar-refractivity contribution < 1.29 is 0 Å². The topological polar surface area (TPSA) is 34.0 Å². The SMILES string of the molecule is CSn1nnc2c1-c1ccccc1CN(C(C)C)c1ccccc1-2. The molecule has 4 nitrogen and oxygen atoms in total. The van der Waals surface area contributed by atoms with Crippen molar-refractivity contribution >= 4 is 17.6 Å². The summed E-state index contributed by atoms with van der Waals surface area (Å²) >= 11 is 1.58. The third kappa shape index (κ3) is 2.31. The minimum atomic E-state index is 0.399. The molecular formula is C19H20N4S. The quantitative estimate of drug-likeness (QED) is 0.691. The highest BCUT2D eigenvalue weighted by atomic mass is 32.2. The van der Waals surface area contributed by atoms with E-state index >= 15 is 0 Å². The molecule has 2 heterocycles. The van der Waals surface area contributed by atoms with Crippen LogP contribution in [0.25, 0.3) is 22.5 Å². The third-order valence-corrected chi connectivity index (χ3v) is 5.12. The van der Waals surface area contributed by atoms with Crippen molar-refractivity contribution in [2.75, 3.05) is 11.2 Å². The molecule has 24 heavy (non-hydrogen) atoms. The Morgan fingerprint density at radius 1 is 1.00 bits per heavy atom. The standard InChI is InChI=1S/C19H20N4S/c1-13(2)22-12-14-8-4-5-9-15(14)19-18(20-21-23(19)24-3)16-10-6-7-11-17(16)22/h4-11,13H,12H2,1-3H3. The van der Waals surface area contributed by atoms with E-state index in [9.17, 15) is 0 Å². The van der Waals surface area contributed by atoms with Crippen LogP contribution in [0.2, 0.25) is 0 Å². The van der Waals surface area contributed by atoms with E-state index in [1.165, 1.54) is 16.8 Å². The molecule has 0 N–H and O–H groups in total. The monoisotopic (exact) mass is 336 g/mol. The maximum atomic E-state index is 4.53. The molecule has 0 bridgehead atoms. The highest BCUT2D eigenvalue weighted by molar-refractivity contribution is 7.97. The molecule has 0 saturated carbocycles. The maximum absolute atomic E-state index is 4.53. The minimum absolute atomic E-state index is 0.399. The molecule has 2 aromatic carbocycles.